The minimum Gasteiger partial charge on any atom is -0.214 e. The summed E-state index contributed by atoms with van der Waals surface area (Å²) in [5.41, 5.74) is -1.73. The highest BCUT2D eigenvalue weighted by Crippen LogP contribution is 2.57. The van der Waals surface area contributed by atoms with Gasteiger partial charge in [-0.2, -0.15) is 13.2 Å². The topological polar surface area (TPSA) is 34.1 Å². The Balaban J connectivity index is 1.74. The molecule has 1 fully saturated rings. The van der Waals surface area contributed by atoms with Crippen LogP contribution in [0.15, 0.2) is 68.5 Å². The van der Waals surface area contributed by atoms with Gasteiger partial charge in [0.2, 0.25) is 0 Å². The van der Waals surface area contributed by atoms with Crippen LogP contribution in [-0.2, 0) is 9.84 Å². The zero-order valence-corrected chi connectivity index (χ0v) is 18.2. The highest BCUT2D eigenvalue weighted by molar-refractivity contribution is 9.13. The minimum absolute atomic E-state index is 0.000926. The lowest BCUT2D eigenvalue weighted by Crippen LogP contribution is -2.23. The van der Waals surface area contributed by atoms with Crippen molar-refractivity contribution in [2.75, 3.05) is 0 Å². The summed E-state index contributed by atoms with van der Waals surface area (Å²) in [7, 11) is -5.35. The molecule has 4 rings (SSSR count). The number of alkyl halides is 3. The average Bonchev–Trinajstić information content (AvgIpc) is 3.27. The third kappa shape index (κ3) is 3.39. The van der Waals surface area contributed by atoms with Gasteiger partial charge < -0.3 is 0 Å². The molecule has 2 aliphatic carbocycles. The van der Waals surface area contributed by atoms with Crippen molar-refractivity contribution in [3.63, 3.8) is 0 Å². The summed E-state index contributed by atoms with van der Waals surface area (Å²) in [5.74, 6) is 0. The van der Waals surface area contributed by atoms with Crippen LogP contribution in [0.5, 0.6) is 0 Å². The van der Waals surface area contributed by atoms with Gasteiger partial charge in [0, 0.05) is 14.4 Å². The van der Waals surface area contributed by atoms with Crippen molar-refractivity contribution < 1.29 is 21.6 Å². The Morgan fingerprint density at radius 3 is 1.86 bits per heavy atom. The van der Waals surface area contributed by atoms with Crippen molar-refractivity contribution in [2.45, 2.75) is 23.2 Å². The van der Waals surface area contributed by atoms with Crippen LogP contribution < -0.4 is 0 Å². The summed E-state index contributed by atoms with van der Waals surface area (Å²) in [6, 6.07) is 10.8. The molecule has 2 aliphatic rings. The SMILES string of the molecule is O=S(=O)(c1ccc(C2=CC3(C=C2c2ccc(Br)c(Br)c2)CC3)cc1)C(F)(F)F. The Hall–Kier alpha value is -1.38. The van der Waals surface area contributed by atoms with Crippen molar-refractivity contribution in [2.24, 2.45) is 5.41 Å². The number of hydrogen-bond acceptors (Lipinski definition) is 2. The third-order valence-electron chi connectivity index (χ3n) is 4.99. The molecule has 0 amide bonds. The van der Waals surface area contributed by atoms with Gasteiger partial charge in [0.15, 0.2) is 0 Å². The molecule has 146 valence electrons. The first kappa shape index (κ1) is 19.9. The molecule has 0 atom stereocenters. The third-order valence-corrected chi connectivity index (χ3v) is 8.37. The van der Waals surface area contributed by atoms with E-state index in [1.165, 1.54) is 12.1 Å². The van der Waals surface area contributed by atoms with Gasteiger partial charge in [-0.3, -0.25) is 0 Å². The fourth-order valence-corrected chi connectivity index (χ4v) is 4.68. The van der Waals surface area contributed by atoms with Crippen LogP contribution in [-0.4, -0.2) is 13.9 Å². The molecule has 0 N–H and O–H groups in total. The standard InChI is InChI=1S/C20H13Br2F3O2S/c21-17-6-3-13(9-18(17)22)16-11-19(7-8-19)10-15(16)12-1-4-14(5-2-12)28(26,27)20(23,24)25/h1-6,9-11H,7-8H2. The van der Waals surface area contributed by atoms with E-state index in [0.29, 0.717) is 5.56 Å². The van der Waals surface area contributed by atoms with Gasteiger partial charge in [0.1, 0.15) is 0 Å². The largest absolute Gasteiger partial charge is 0.501 e. The molecule has 2 aromatic rings. The summed E-state index contributed by atoms with van der Waals surface area (Å²) in [4.78, 5) is -0.750. The van der Waals surface area contributed by atoms with Gasteiger partial charge >= 0.3 is 5.51 Å². The first-order valence-corrected chi connectivity index (χ1v) is 11.4. The van der Waals surface area contributed by atoms with Crippen LogP contribution in [0, 0.1) is 5.41 Å². The second kappa shape index (κ2) is 6.57. The monoisotopic (exact) mass is 532 g/mol. The van der Waals surface area contributed by atoms with Gasteiger partial charge in [-0.1, -0.05) is 30.4 Å². The summed E-state index contributed by atoms with van der Waals surface area (Å²) >= 11 is 6.94. The maximum atomic E-state index is 12.8. The zero-order valence-electron chi connectivity index (χ0n) is 14.2. The normalized spacial score (nSPS) is 18.2. The summed E-state index contributed by atoms with van der Waals surface area (Å²) in [5, 5.41) is 0. The molecule has 0 saturated heterocycles. The van der Waals surface area contributed by atoms with E-state index in [4.69, 9.17) is 0 Å². The number of allylic oxidation sites excluding steroid dienone is 4. The Labute approximate surface area is 177 Å². The fraction of sp³-hybridized carbons (Fsp3) is 0.200. The van der Waals surface area contributed by atoms with E-state index in [0.717, 1.165) is 50.6 Å². The first-order chi connectivity index (χ1) is 13.0. The molecule has 1 saturated carbocycles. The van der Waals surface area contributed by atoms with Gasteiger partial charge in [-0.15, -0.1) is 0 Å². The molecule has 0 unspecified atom stereocenters. The van der Waals surface area contributed by atoms with Gasteiger partial charge in [0.25, 0.3) is 9.84 Å². The quantitative estimate of drug-likeness (QED) is 0.436. The number of hydrogen-bond donors (Lipinski definition) is 0. The van der Waals surface area contributed by atoms with Crippen molar-refractivity contribution in [3.8, 4) is 0 Å². The van der Waals surface area contributed by atoms with E-state index in [1.54, 1.807) is 0 Å². The lowest BCUT2D eigenvalue weighted by Gasteiger charge is -2.12. The smallest absolute Gasteiger partial charge is 0.214 e. The maximum absolute atomic E-state index is 12.8. The van der Waals surface area contributed by atoms with Gasteiger partial charge in [-0.25, -0.2) is 8.42 Å². The Morgan fingerprint density at radius 1 is 0.821 bits per heavy atom. The van der Waals surface area contributed by atoms with Crippen LogP contribution >= 0.6 is 31.9 Å². The molecule has 0 heterocycles. The highest BCUT2D eigenvalue weighted by atomic mass is 79.9. The molecular weight excluding hydrogens is 521 g/mol. The van der Waals surface area contributed by atoms with Crippen LogP contribution in [0.2, 0.25) is 0 Å². The molecule has 28 heavy (non-hydrogen) atoms. The fourth-order valence-electron chi connectivity index (χ4n) is 3.29. The Morgan fingerprint density at radius 2 is 1.36 bits per heavy atom. The molecule has 0 radical (unpaired) electrons. The average molecular weight is 534 g/mol. The molecule has 1 spiro atoms. The van der Waals surface area contributed by atoms with E-state index in [-0.39, 0.29) is 5.41 Å². The molecule has 2 aromatic carbocycles. The van der Waals surface area contributed by atoms with E-state index < -0.39 is 20.2 Å². The Bertz CT molecular complexity index is 1130. The lowest BCUT2D eigenvalue weighted by atomic mass is 9.95. The molecule has 2 nitrogen and oxygen atoms in total. The summed E-state index contributed by atoms with van der Waals surface area (Å²) < 4.78 is 63.3. The second-order valence-electron chi connectivity index (χ2n) is 6.95. The predicted octanol–water partition coefficient (Wildman–Crippen LogP) is 6.77. The summed E-state index contributed by atoms with van der Waals surface area (Å²) in [6.45, 7) is 0. The molecule has 8 heteroatoms. The van der Waals surface area contributed by atoms with Crippen molar-refractivity contribution in [3.05, 3.63) is 74.7 Å². The van der Waals surface area contributed by atoms with E-state index in [1.807, 2.05) is 18.2 Å². The molecule has 0 aromatic heterocycles. The zero-order chi connectivity index (χ0) is 20.3. The number of rotatable bonds is 3. The number of benzene rings is 2. The Kier molecular flexibility index (Phi) is 4.67. The van der Waals surface area contributed by atoms with Crippen LogP contribution in [0.4, 0.5) is 13.2 Å². The number of halogens is 5. The number of sulfone groups is 1. The van der Waals surface area contributed by atoms with E-state index in [9.17, 15) is 21.6 Å². The highest BCUT2D eigenvalue weighted by Gasteiger charge is 2.47. The van der Waals surface area contributed by atoms with Gasteiger partial charge in [-0.05, 0) is 91.2 Å². The van der Waals surface area contributed by atoms with E-state index in [2.05, 4.69) is 44.0 Å². The summed E-state index contributed by atoms with van der Waals surface area (Å²) in [6.07, 6.45) is 6.38. The van der Waals surface area contributed by atoms with Crippen LogP contribution in [0.3, 0.4) is 0 Å². The van der Waals surface area contributed by atoms with Crippen molar-refractivity contribution >= 4 is 52.8 Å². The second-order valence-corrected chi connectivity index (χ2v) is 10.6. The minimum atomic E-state index is -5.35. The molecule has 0 aliphatic heterocycles. The maximum Gasteiger partial charge on any atom is 0.501 e. The predicted molar refractivity (Wildman–Crippen MR) is 109 cm³/mol. The van der Waals surface area contributed by atoms with Crippen molar-refractivity contribution in [1.29, 1.82) is 0 Å². The van der Waals surface area contributed by atoms with Crippen LogP contribution in [0.25, 0.3) is 11.1 Å². The van der Waals surface area contributed by atoms with E-state index >= 15 is 0 Å². The lowest BCUT2D eigenvalue weighted by molar-refractivity contribution is -0.0436. The van der Waals surface area contributed by atoms with Crippen LogP contribution in [0.1, 0.15) is 24.0 Å². The molecular formula is C20H13Br2F3O2S. The molecule has 0 bridgehead atoms. The first-order valence-electron chi connectivity index (χ1n) is 8.36. The van der Waals surface area contributed by atoms with Gasteiger partial charge in [0.05, 0.1) is 4.90 Å². The van der Waals surface area contributed by atoms with Crippen molar-refractivity contribution in [1.82, 2.24) is 0 Å².